The van der Waals surface area contributed by atoms with Gasteiger partial charge in [0.05, 0.1) is 0 Å². The van der Waals surface area contributed by atoms with Gasteiger partial charge in [0.15, 0.2) is 0 Å². The Hall–Kier alpha value is -3.39. The van der Waals surface area contributed by atoms with Crippen LogP contribution >= 0.6 is 0 Å². The maximum atomic E-state index is 12.4. The van der Waals surface area contributed by atoms with Gasteiger partial charge in [0.1, 0.15) is 5.75 Å². The summed E-state index contributed by atoms with van der Waals surface area (Å²) in [4.78, 5) is 12.4. The van der Waals surface area contributed by atoms with Crippen molar-refractivity contribution in [2.24, 2.45) is 10.8 Å². The van der Waals surface area contributed by atoms with Crippen molar-refractivity contribution in [3.63, 3.8) is 0 Å². The number of benzene rings is 1. The van der Waals surface area contributed by atoms with Crippen LogP contribution in [0.25, 0.3) is 6.08 Å². The summed E-state index contributed by atoms with van der Waals surface area (Å²) < 4.78 is 5.52. The normalized spacial score (nSPS) is 17.9. The fourth-order valence-electron chi connectivity index (χ4n) is 4.87. The van der Waals surface area contributed by atoms with Crippen molar-refractivity contribution in [3.8, 4) is 5.75 Å². The van der Waals surface area contributed by atoms with Crippen LogP contribution in [0.1, 0.15) is 93.1 Å². The molecule has 2 heteroatoms. The van der Waals surface area contributed by atoms with Crippen LogP contribution in [0.4, 0.5) is 0 Å². The second-order valence-corrected chi connectivity index (χ2v) is 12.3. The number of hydrogen-bond acceptors (Lipinski definition) is 2. The Bertz CT molecular complexity index is 1230. The largest absolute Gasteiger partial charge is 0.423 e. The highest BCUT2D eigenvalue weighted by Crippen LogP contribution is 2.40. The van der Waals surface area contributed by atoms with Crippen molar-refractivity contribution >= 4 is 12.0 Å². The second kappa shape index (κ2) is 15.4. The standard InChI is InChI=1S/C38H50O2/c1-10-38(9,26-12-14-29(2)3)27-24-33-19-21-34(22-20-33)40-36(39)28-31(5)16-11-15-30(4)18-23-35-32(6)17-13-25-37(35,7)8/h10-11,14-16,18-24,27-28H,1,12-13,17,25-26H2,2-9H3/b16-11+,23-18+,27-24+,30-15+,31-28-/t38-/m0/s1. The quantitative estimate of drug-likeness (QED) is 0.0869. The van der Waals surface area contributed by atoms with E-state index in [1.54, 1.807) is 0 Å². The number of allylic oxidation sites excluding steroid dienone is 13. The average molecular weight is 539 g/mol. The highest BCUT2D eigenvalue weighted by molar-refractivity contribution is 5.85. The van der Waals surface area contributed by atoms with E-state index in [1.165, 1.54) is 47.6 Å². The SMILES string of the molecule is C=C[C@](C)(/C=C/c1ccc(OC(=O)\C=C(C)/C=C/C=C(C)/C=C/C2=C(C)CCCC2(C)C)cc1)CCC=C(C)C. The molecule has 0 saturated heterocycles. The first kappa shape index (κ1) is 32.8. The Labute approximate surface area is 244 Å². The molecule has 1 aromatic rings. The molecule has 1 aromatic carbocycles. The molecule has 214 valence electrons. The van der Waals surface area contributed by atoms with Crippen LogP contribution in [0.2, 0.25) is 0 Å². The zero-order valence-corrected chi connectivity index (χ0v) is 26.1. The molecule has 0 spiro atoms. The van der Waals surface area contributed by atoms with Crippen LogP contribution in [-0.2, 0) is 4.79 Å². The molecule has 1 atom stereocenters. The Morgan fingerprint density at radius 1 is 1.05 bits per heavy atom. The number of carbonyl (C=O) groups excluding carboxylic acids is 1. The van der Waals surface area contributed by atoms with E-state index in [9.17, 15) is 4.79 Å². The van der Waals surface area contributed by atoms with Crippen LogP contribution < -0.4 is 4.74 Å². The first-order valence-electron chi connectivity index (χ1n) is 14.5. The van der Waals surface area contributed by atoms with Crippen molar-refractivity contribution in [1.82, 2.24) is 0 Å². The fraction of sp³-hybridized carbons (Fsp3) is 0.395. The molecule has 0 aromatic heterocycles. The van der Waals surface area contributed by atoms with Gasteiger partial charge in [-0.2, -0.15) is 0 Å². The van der Waals surface area contributed by atoms with Crippen LogP contribution in [0, 0.1) is 10.8 Å². The topological polar surface area (TPSA) is 26.3 Å². The van der Waals surface area contributed by atoms with Crippen LogP contribution in [0.5, 0.6) is 5.75 Å². The molecule has 0 saturated carbocycles. The van der Waals surface area contributed by atoms with E-state index >= 15 is 0 Å². The number of hydrogen-bond donors (Lipinski definition) is 0. The van der Waals surface area contributed by atoms with E-state index in [4.69, 9.17) is 4.74 Å². The molecule has 0 radical (unpaired) electrons. The maximum absolute atomic E-state index is 12.4. The third-order valence-corrected chi connectivity index (χ3v) is 7.58. The maximum Gasteiger partial charge on any atom is 0.336 e. The molecule has 40 heavy (non-hydrogen) atoms. The summed E-state index contributed by atoms with van der Waals surface area (Å²) in [5.74, 6) is 0.146. The lowest BCUT2D eigenvalue weighted by atomic mass is 9.72. The number of ether oxygens (including phenoxy) is 1. The molecule has 0 amide bonds. The van der Waals surface area contributed by atoms with Gasteiger partial charge in [-0.25, -0.2) is 4.79 Å². The van der Waals surface area contributed by atoms with Gasteiger partial charge in [-0.3, -0.25) is 0 Å². The van der Waals surface area contributed by atoms with E-state index in [2.05, 4.69) is 91.5 Å². The highest BCUT2D eigenvalue weighted by Gasteiger charge is 2.26. The summed E-state index contributed by atoms with van der Waals surface area (Å²) in [5, 5.41) is 0. The monoisotopic (exact) mass is 538 g/mol. The Morgan fingerprint density at radius 3 is 2.38 bits per heavy atom. The van der Waals surface area contributed by atoms with Gasteiger partial charge < -0.3 is 4.74 Å². The van der Waals surface area contributed by atoms with Crippen LogP contribution in [-0.4, -0.2) is 5.97 Å². The molecule has 0 aliphatic heterocycles. The summed E-state index contributed by atoms with van der Waals surface area (Å²) in [6, 6.07) is 7.58. The molecule has 2 rings (SSSR count). The lowest BCUT2D eigenvalue weighted by Crippen LogP contribution is -2.19. The van der Waals surface area contributed by atoms with Gasteiger partial charge in [-0.1, -0.05) is 104 Å². The minimum Gasteiger partial charge on any atom is -0.423 e. The highest BCUT2D eigenvalue weighted by atomic mass is 16.5. The lowest BCUT2D eigenvalue weighted by Gasteiger charge is -2.32. The summed E-state index contributed by atoms with van der Waals surface area (Å²) in [6.07, 6.45) is 26.3. The van der Waals surface area contributed by atoms with Gasteiger partial charge in [-0.05, 0) is 101 Å². The Morgan fingerprint density at radius 2 is 1.75 bits per heavy atom. The van der Waals surface area contributed by atoms with Gasteiger partial charge in [0.2, 0.25) is 0 Å². The van der Waals surface area contributed by atoms with Crippen molar-refractivity contribution in [3.05, 3.63) is 119 Å². The molecule has 0 N–H and O–H groups in total. The van der Waals surface area contributed by atoms with E-state index in [1.807, 2.05) is 49.4 Å². The number of carbonyl (C=O) groups is 1. The molecule has 0 fully saturated rings. The van der Waals surface area contributed by atoms with E-state index in [-0.39, 0.29) is 16.8 Å². The zero-order chi connectivity index (χ0) is 29.8. The van der Waals surface area contributed by atoms with E-state index < -0.39 is 0 Å². The van der Waals surface area contributed by atoms with Gasteiger partial charge in [0.25, 0.3) is 0 Å². The minimum absolute atomic E-state index is 0.0696. The first-order valence-corrected chi connectivity index (χ1v) is 14.5. The lowest BCUT2D eigenvalue weighted by molar-refractivity contribution is -0.129. The molecule has 2 nitrogen and oxygen atoms in total. The summed E-state index contributed by atoms with van der Waals surface area (Å²) in [7, 11) is 0. The average Bonchev–Trinajstić information content (AvgIpc) is 2.87. The summed E-state index contributed by atoms with van der Waals surface area (Å²) in [6.45, 7) is 21.4. The molecule has 0 heterocycles. The number of rotatable bonds is 12. The summed E-state index contributed by atoms with van der Waals surface area (Å²) >= 11 is 0. The van der Waals surface area contributed by atoms with Gasteiger partial charge in [-0.15, -0.1) is 6.58 Å². The van der Waals surface area contributed by atoms with Crippen molar-refractivity contribution in [2.75, 3.05) is 0 Å². The second-order valence-electron chi connectivity index (χ2n) is 12.3. The Kier molecular flexibility index (Phi) is 12.6. The molecule has 0 unspecified atom stereocenters. The minimum atomic E-state index is -0.383. The predicted molar refractivity (Wildman–Crippen MR) is 174 cm³/mol. The van der Waals surface area contributed by atoms with Gasteiger partial charge in [0, 0.05) is 11.5 Å². The molecular weight excluding hydrogens is 488 g/mol. The fourth-order valence-corrected chi connectivity index (χ4v) is 4.87. The predicted octanol–water partition coefficient (Wildman–Crippen LogP) is 11.1. The third-order valence-electron chi connectivity index (χ3n) is 7.58. The summed E-state index contributed by atoms with van der Waals surface area (Å²) in [5.41, 5.74) is 7.53. The van der Waals surface area contributed by atoms with Crippen molar-refractivity contribution in [2.45, 2.75) is 87.5 Å². The van der Waals surface area contributed by atoms with Gasteiger partial charge >= 0.3 is 5.97 Å². The van der Waals surface area contributed by atoms with Crippen molar-refractivity contribution in [1.29, 1.82) is 0 Å². The smallest absolute Gasteiger partial charge is 0.336 e. The van der Waals surface area contributed by atoms with E-state index in [0.717, 1.165) is 24.0 Å². The molecule has 1 aliphatic carbocycles. The first-order chi connectivity index (χ1) is 18.8. The van der Waals surface area contributed by atoms with Crippen LogP contribution in [0.15, 0.2) is 113 Å². The third kappa shape index (κ3) is 11.4. The zero-order valence-electron chi connectivity index (χ0n) is 26.1. The molecule has 0 bridgehead atoms. The molecule has 1 aliphatic rings. The van der Waals surface area contributed by atoms with Crippen molar-refractivity contribution < 1.29 is 9.53 Å². The Balaban J connectivity index is 1.93. The number of esters is 1. The molecular formula is C38H50O2. The van der Waals surface area contributed by atoms with E-state index in [0.29, 0.717) is 5.75 Å². The van der Waals surface area contributed by atoms with Crippen LogP contribution in [0.3, 0.4) is 0 Å².